The second-order valence-electron chi connectivity index (χ2n) is 11.7. The summed E-state index contributed by atoms with van der Waals surface area (Å²) in [5, 5.41) is 7.72. The van der Waals surface area contributed by atoms with Crippen LogP contribution in [0.15, 0.2) is 24.3 Å². The second-order valence-corrected chi connectivity index (χ2v) is 17.1. The van der Waals surface area contributed by atoms with Gasteiger partial charge in [-0.2, -0.15) is 0 Å². The van der Waals surface area contributed by atoms with Crippen LogP contribution in [0.1, 0.15) is 26.3 Å². The maximum absolute atomic E-state index is 13.7. The van der Waals surface area contributed by atoms with Crippen molar-refractivity contribution in [2.45, 2.75) is 38.4 Å². The Balaban J connectivity index is 3.20. The fraction of sp³-hybridized carbons (Fsp3) is 0.700. The molecule has 20 heteroatoms. The zero-order chi connectivity index (χ0) is 37.3. The lowest BCUT2D eigenvalue weighted by Crippen LogP contribution is -2.54. The van der Waals surface area contributed by atoms with Crippen LogP contribution in [-0.4, -0.2) is 132 Å². The Labute approximate surface area is 298 Å². The van der Waals surface area contributed by atoms with E-state index in [1.54, 1.807) is 30.5 Å². The minimum atomic E-state index is -3.08. The van der Waals surface area contributed by atoms with Crippen molar-refractivity contribution in [2.24, 2.45) is 17.7 Å². The van der Waals surface area contributed by atoms with E-state index in [9.17, 15) is 18.9 Å². The van der Waals surface area contributed by atoms with Gasteiger partial charge in [0.2, 0.25) is 17.7 Å². The minimum absolute atomic E-state index is 0.123. The average Bonchev–Trinajstić information content (AvgIpc) is 3.08. The summed E-state index contributed by atoms with van der Waals surface area (Å²) in [6, 6.07) is 5.90. The van der Waals surface area contributed by atoms with Gasteiger partial charge in [0.05, 0.1) is 83.7 Å². The van der Waals surface area contributed by atoms with Crippen LogP contribution in [0.2, 0.25) is 0 Å². The van der Waals surface area contributed by atoms with E-state index in [1.807, 2.05) is 20.8 Å². The Morgan fingerprint density at radius 2 is 1.18 bits per heavy atom. The summed E-state index contributed by atoms with van der Waals surface area (Å²) in [5.74, 6) is 14.1. The quantitative estimate of drug-likeness (QED) is 0.0349. The number of nitrogens with two attached hydrogens (primary N) is 3. The fourth-order valence-corrected chi connectivity index (χ4v) is 7.58. The van der Waals surface area contributed by atoms with E-state index >= 15 is 0 Å². The van der Waals surface area contributed by atoms with E-state index in [0.717, 1.165) is 0 Å². The molecule has 0 spiro atoms. The van der Waals surface area contributed by atoms with Gasteiger partial charge in [-0.25, -0.2) is 17.7 Å². The molecule has 0 radical (unpaired) electrons. The van der Waals surface area contributed by atoms with Gasteiger partial charge in [-0.15, -0.1) is 0 Å². The first-order valence-electron chi connectivity index (χ1n) is 16.1. The molecule has 2 unspecified atom stereocenters. The number of nitrogens with zero attached hydrogens (tertiary/aromatic N) is 1. The van der Waals surface area contributed by atoms with E-state index in [2.05, 4.69) is 30.5 Å². The highest BCUT2D eigenvalue weighted by Gasteiger charge is 2.39. The smallest absolute Gasteiger partial charge is 0.308 e. The number of carbonyl (C=O) groups is 3. The molecule has 0 aliphatic rings. The molecule has 0 aliphatic carbocycles. The number of nitrogens with one attached hydrogen (secondary N) is 3. The van der Waals surface area contributed by atoms with Gasteiger partial charge in [0.15, 0.2) is 0 Å². The average molecular weight is 754 g/mol. The Kier molecular flexibility index (Phi) is 24.1. The molecule has 2 atom stereocenters. The number of hydrogen-bond acceptors (Lipinski definition) is 16. The molecule has 9 N–H and O–H groups in total. The summed E-state index contributed by atoms with van der Waals surface area (Å²) in [7, 11) is 0. The summed E-state index contributed by atoms with van der Waals surface area (Å²) < 4.78 is 35.5. The van der Waals surface area contributed by atoms with Crippen LogP contribution in [0.5, 0.6) is 5.75 Å². The lowest BCUT2D eigenvalue weighted by molar-refractivity contribution is -0.131. The molecule has 0 bridgehead atoms. The molecule has 0 aliphatic heterocycles. The summed E-state index contributed by atoms with van der Waals surface area (Å²) in [6.45, 7) is 4.37. The highest BCUT2D eigenvalue weighted by Crippen LogP contribution is 2.66. The molecule has 1 aromatic rings. The summed E-state index contributed by atoms with van der Waals surface area (Å²) >= 11 is 1.18. The number of carbonyl (C=O) groups excluding carboxylic acids is 3. The predicted octanol–water partition coefficient (Wildman–Crippen LogP) is -0.298. The number of hydrogen-bond donors (Lipinski definition) is 6. The van der Waals surface area contributed by atoms with Crippen molar-refractivity contribution in [1.82, 2.24) is 20.9 Å². The summed E-state index contributed by atoms with van der Waals surface area (Å²) in [4.78, 5) is 54.7. The number of amides is 3. The van der Waals surface area contributed by atoms with Crippen LogP contribution in [-0.2, 0) is 54.1 Å². The molecule has 0 fully saturated rings. The van der Waals surface area contributed by atoms with Crippen molar-refractivity contribution in [1.29, 1.82) is 0 Å². The van der Waals surface area contributed by atoms with Crippen LogP contribution in [0, 0.1) is 0 Å². The van der Waals surface area contributed by atoms with E-state index in [4.69, 9.17) is 36.4 Å². The van der Waals surface area contributed by atoms with Crippen molar-refractivity contribution < 1.29 is 52.2 Å². The van der Waals surface area contributed by atoms with E-state index in [-0.39, 0.29) is 98.6 Å². The van der Waals surface area contributed by atoms with Gasteiger partial charge in [-0.05, 0) is 51.1 Å². The highest BCUT2D eigenvalue weighted by molar-refractivity contribution is 8.56. The Morgan fingerprint density at radius 3 is 1.58 bits per heavy atom. The minimum Gasteiger partial charge on any atom is -0.436 e. The molecule has 3 amide bonds. The zero-order valence-corrected chi connectivity index (χ0v) is 31.2. The third-order valence-electron chi connectivity index (χ3n) is 6.80. The number of benzene rings is 1. The predicted molar refractivity (Wildman–Crippen MR) is 189 cm³/mol. The largest absolute Gasteiger partial charge is 0.436 e. The van der Waals surface area contributed by atoms with Crippen molar-refractivity contribution in [2.75, 3.05) is 98.4 Å². The Hall–Kier alpha value is -2.39. The van der Waals surface area contributed by atoms with Crippen molar-refractivity contribution in [3.63, 3.8) is 0 Å². The molecule has 1 rings (SSSR count). The summed E-state index contributed by atoms with van der Waals surface area (Å²) in [5.41, 5.74) is 0.709. The highest BCUT2D eigenvalue weighted by atomic mass is 32.7. The third-order valence-corrected chi connectivity index (χ3v) is 12.7. The Morgan fingerprint density at radius 1 is 0.740 bits per heavy atom. The van der Waals surface area contributed by atoms with Crippen LogP contribution >= 0.6 is 18.0 Å². The van der Waals surface area contributed by atoms with Gasteiger partial charge in [-0.3, -0.25) is 23.8 Å². The molecule has 0 aromatic heterocycles. The first-order valence-corrected chi connectivity index (χ1v) is 19.5. The molecule has 0 heterocycles. The lowest BCUT2D eigenvalue weighted by atomic mass is 10.0. The van der Waals surface area contributed by atoms with Gasteiger partial charge in [0.25, 0.3) is 0 Å². The number of rotatable bonds is 29. The second kappa shape index (κ2) is 26.4. The van der Waals surface area contributed by atoms with Gasteiger partial charge >= 0.3 is 6.57 Å². The standard InChI is InChI=1S/C30H56N7O11PS/c1-30(2,3)49(41,50-4)48-25-7-5-24(6-8-25)21-26(29(40)36-11-14-44-17-20-47-33)37(22-27(38)34-9-12-42-15-18-45-31)23-28(39)35-10-13-43-16-19-46-32/h5-8,26H,9-23,31-33H2,1-4H3,(H,34,38)(H,35,39)(H,36,40). The van der Waals surface area contributed by atoms with Gasteiger partial charge < -0.3 is 49.2 Å². The van der Waals surface area contributed by atoms with Crippen molar-refractivity contribution in [3.05, 3.63) is 29.8 Å². The first-order chi connectivity index (χ1) is 23.9. The first kappa shape index (κ1) is 45.6. The summed E-state index contributed by atoms with van der Waals surface area (Å²) in [6.07, 6.45) is 1.87. The van der Waals surface area contributed by atoms with E-state index < -0.39 is 35.5 Å². The van der Waals surface area contributed by atoms with Gasteiger partial charge in [0.1, 0.15) is 5.75 Å². The van der Waals surface area contributed by atoms with Crippen LogP contribution < -0.4 is 38.2 Å². The lowest BCUT2D eigenvalue weighted by Gasteiger charge is -2.30. The zero-order valence-electron chi connectivity index (χ0n) is 29.5. The topological polar surface area (TPSA) is 250 Å². The molecular formula is C30H56N7O11PS. The van der Waals surface area contributed by atoms with Crippen molar-refractivity contribution >= 4 is 35.7 Å². The van der Waals surface area contributed by atoms with Crippen molar-refractivity contribution in [3.8, 4) is 5.75 Å². The normalized spacial score (nSPS) is 13.4. The maximum Gasteiger partial charge on any atom is 0.308 e. The SMILES string of the molecule is CSP(=O)(Oc1ccc(CC(C(=O)NCCOCCON)N(CC(=O)NCCOCCON)CC(=O)NCCOCCON)cc1)C(C)(C)C. The van der Waals surface area contributed by atoms with Gasteiger partial charge in [-0.1, -0.05) is 23.5 Å². The van der Waals surface area contributed by atoms with Gasteiger partial charge in [0, 0.05) is 19.6 Å². The van der Waals surface area contributed by atoms with E-state index in [0.29, 0.717) is 11.3 Å². The molecular weight excluding hydrogens is 697 g/mol. The molecule has 288 valence electrons. The van der Waals surface area contributed by atoms with E-state index in [1.165, 1.54) is 16.3 Å². The third kappa shape index (κ3) is 19.3. The molecule has 1 aromatic carbocycles. The number of ether oxygens (including phenoxy) is 3. The maximum atomic E-state index is 13.7. The Bertz CT molecular complexity index is 1120. The fourth-order valence-electron chi connectivity index (χ4n) is 4.16. The van der Waals surface area contributed by atoms with Crippen LogP contribution in [0.25, 0.3) is 0 Å². The monoisotopic (exact) mass is 753 g/mol. The molecule has 0 saturated heterocycles. The van der Waals surface area contributed by atoms with Crippen LogP contribution in [0.3, 0.4) is 0 Å². The van der Waals surface area contributed by atoms with Crippen LogP contribution in [0.4, 0.5) is 0 Å². The molecule has 50 heavy (non-hydrogen) atoms. The molecule has 18 nitrogen and oxygen atoms in total. The molecule has 0 saturated carbocycles.